The van der Waals surface area contributed by atoms with E-state index in [1.54, 1.807) is 16.7 Å². The van der Waals surface area contributed by atoms with Crippen LogP contribution in [0.4, 0.5) is 10.2 Å². The molecule has 5 heterocycles. The number of rotatable bonds is 3. The lowest BCUT2D eigenvalue weighted by Gasteiger charge is -2.28. The maximum Gasteiger partial charge on any atom is 0.261 e. The summed E-state index contributed by atoms with van der Waals surface area (Å²) < 4.78 is 22.3. The van der Waals surface area contributed by atoms with Gasteiger partial charge in [0.15, 0.2) is 0 Å². The molecule has 1 unspecified atom stereocenters. The first-order valence-electron chi connectivity index (χ1n) is 11.8. The van der Waals surface area contributed by atoms with Crippen molar-refractivity contribution in [2.45, 2.75) is 38.6 Å². The minimum atomic E-state index is -0.461. The van der Waals surface area contributed by atoms with Gasteiger partial charge in [0.05, 0.1) is 5.39 Å². The van der Waals surface area contributed by atoms with E-state index in [9.17, 15) is 9.18 Å². The fourth-order valence-electron chi connectivity index (χ4n) is 5.67. The highest BCUT2D eigenvalue weighted by Gasteiger charge is 2.32. The summed E-state index contributed by atoms with van der Waals surface area (Å²) in [5.41, 5.74) is 1.14. The highest BCUT2D eigenvalue weighted by Crippen LogP contribution is 2.36. The summed E-state index contributed by atoms with van der Waals surface area (Å²) in [6, 6.07) is 6.43. The van der Waals surface area contributed by atoms with E-state index >= 15 is 0 Å². The van der Waals surface area contributed by atoms with E-state index in [1.165, 1.54) is 6.07 Å². The van der Waals surface area contributed by atoms with Crippen LogP contribution in [0.2, 0.25) is 5.02 Å². The van der Waals surface area contributed by atoms with Gasteiger partial charge in [0.1, 0.15) is 28.7 Å². The number of aryl methyl sites for hydroxylation is 1. The van der Waals surface area contributed by atoms with E-state index in [0.717, 1.165) is 70.0 Å². The van der Waals surface area contributed by atoms with Gasteiger partial charge < -0.3 is 9.64 Å². The summed E-state index contributed by atoms with van der Waals surface area (Å²) in [6.45, 7) is 4.12. The number of hydrogen-bond acceptors (Lipinski definition) is 5. The zero-order chi connectivity index (χ0) is 22.5. The molecule has 6 rings (SSSR count). The number of hydrogen-bond donors (Lipinski definition) is 0. The van der Waals surface area contributed by atoms with Crippen molar-refractivity contribution in [3.05, 3.63) is 51.3 Å². The zero-order valence-corrected chi connectivity index (χ0v) is 19.2. The molecule has 0 amide bonds. The second kappa shape index (κ2) is 8.37. The van der Waals surface area contributed by atoms with Gasteiger partial charge in [-0.15, -0.1) is 0 Å². The number of aromatic nitrogens is 3. The molecule has 0 spiro atoms. The number of benzene rings is 1. The van der Waals surface area contributed by atoms with Gasteiger partial charge >= 0.3 is 0 Å². The van der Waals surface area contributed by atoms with Gasteiger partial charge in [-0.2, -0.15) is 0 Å². The largest absolute Gasteiger partial charge is 0.381 e. The van der Waals surface area contributed by atoms with Crippen LogP contribution in [-0.4, -0.2) is 40.8 Å². The third-order valence-corrected chi connectivity index (χ3v) is 7.69. The third kappa shape index (κ3) is 3.71. The van der Waals surface area contributed by atoms with Crippen molar-refractivity contribution in [1.29, 1.82) is 0 Å². The van der Waals surface area contributed by atoms with Crippen molar-refractivity contribution in [2.75, 3.05) is 31.2 Å². The molecule has 3 aliphatic rings. The first-order chi connectivity index (χ1) is 16.1. The molecule has 2 aromatic heterocycles. The maximum absolute atomic E-state index is 15.0. The summed E-state index contributed by atoms with van der Waals surface area (Å²) in [7, 11) is 0. The second-order valence-electron chi connectivity index (χ2n) is 9.38. The molecular formula is C25H26ClFN4O2. The average molecular weight is 469 g/mol. The van der Waals surface area contributed by atoms with Crippen LogP contribution >= 0.6 is 11.6 Å². The number of fused-ring (bicyclic) bond motifs is 2. The quantitative estimate of drug-likeness (QED) is 0.568. The molecule has 0 radical (unpaired) electrons. The van der Waals surface area contributed by atoms with Crippen LogP contribution in [0.15, 0.2) is 29.1 Å². The molecule has 172 valence electrons. The zero-order valence-electron chi connectivity index (χ0n) is 18.4. The molecule has 6 nitrogen and oxygen atoms in total. The molecule has 2 saturated heterocycles. The molecule has 33 heavy (non-hydrogen) atoms. The Hall–Kier alpha value is -2.51. The van der Waals surface area contributed by atoms with Gasteiger partial charge in [0.2, 0.25) is 0 Å². The maximum atomic E-state index is 15.0. The van der Waals surface area contributed by atoms with Crippen LogP contribution in [0.25, 0.3) is 22.2 Å². The Morgan fingerprint density at radius 3 is 2.73 bits per heavy atom. The topological polar surface area (TPSA) is 60.3 Å². The molecule has 1 aromatic carbocycles. The number of nitrogens with zero attached hydrogens (tertiary/aromatic N) is 4. The lowest BCUT2D eigenvalue weighted by atomic mass is 9.85. The smallest absolute Gasteiger partial charge is 0.261 e. The highest BCUT2D eigenvalue weighted by molar-refractivity contribution is 6.30. The molecule has 2 fully saturated rings. The monoisotopic (exact) mass is 468 g/mol. The summed E-state index contributed by atoms with van der Waals surface area (Å²) in [5.74, 6) is 2.25. The molecule has 0 N–H and O–H groups in total. The Morgan fingerprint density at radius 2 is 1.91 bits per heavy atom. The average Bonchev–Trinajstić information content (AvgIpc) is 3.50. The third-order valence-electron chi connectivity index (χ3n) is 7.46. The Balaban J connectivity index is 1.47. The van der Waals surface area contributed by atoms with Gasteiger partial charge in [0, 0.05) is 49.9 Å². The predicted molar refractivity (Wildman–Crippen MR) is 126 cm³/mol. The normalized spacial score (nSPS) is 21.2. The molecule has 0 bridgehead atoms. The lowest BCUT2D eigenvalue weighted by Crippen LogP contribution is -2.27. The molecular weight excluding hydrogens is 443 g/mol. The van der Waals surface area contributed by atoms with E-state index < -0.39 is 5.82 Å². The number of pyridine rings is 1. The van der Waals surface area contributed by atoms with Gasteiger partial charge in [-0.3, -0.25) is 9.36 Å². The van der Waals surface area contributed by atoms with Crippen molar-refractivity contribution in [1.82, 2.24) is 14.5 Å². The molecule has 1 atom stereocenters. The SMILES string of the molecule is O=c1c2cc(N3CCC(C4CCOCC4)C3)nc(-c3ccc(Cl)cc3F)c2nc2n1CCC2. The van der Waals surface area contributed by atoms with E-state index in [-0.39, 0.29) is 5.56 Å². The Labute approximate surface area is 196 Å². The van der Waals surface area contributed by atoms with Crippen LogP contribution in [0.5, 0.6) is 0 Å². The minimum absolute atomic E-state index is 0.0630. The van der Waals surface area contributed by atoms with Gasteiger partial charge in [0.25, 0.3) is 5.56 Å². The van der Waals surface area contributed by atoms with Crippen LogP contribution < -0.4 is 10.5 Å². The Bertz CT molecular complexity index is 1290. The van der Waals surface area contributed by atoms with Crippen molar-refractivity contribution in [2.24, 2.45) is 11.8 Å². The fraction of sp³-hybridized carbons (Fsp3) is 0.480. The van der Waals surface area contributed by atoms with Crippen molar-refractivity contribution >= 4 is 28.3 Å². The number of ether oxygens (including phenoxy) is 1. The predicted octanol–water partition coefficient (Wildman–Crippen LogP) is 4.45. The standard InChI is InChI=1S/C25H26ClFN4O2/c26-17-3-4-18(20(27)12-17)23-24-19(25(32)31-8-1-2-21(31)28-24)13-22(29-23)30-9-5-16(14-30)15-6-10-33-11-7-15/h3-4,12-13,15-16H,1-2,5-11,14H2. The van der Waals surface area contributed by atoms with Gasteiger partial charge in [-0.25, -0.2) is 14.4 Å². The summed E-state index contributed by atoms with van der Waals surface area (Å²) in [4.78, 5) is 25.3. The second-order valence-corrected chi connectivity index (χ2v) is 9.82. The molecule has 3 aromatic rings. The Morgan fingerprint density at radius 1 is 1.06 bits per heavy atom. The Kier molecular flexibility index (Phi) is 5.34. The van der Waals surface area contributed by atoms with Crippen LogP contribution in [-0.2, 0) is 17.7 Å². The number of anilines is 1. The van der Waals surface area contributed by atoms with E-state index in [4.69, 9.17) is 26.3 Å². The fourth-order valence-corrected chi connectivity index (χ4v) is 5.83. The number of halogens is 2. The molecule has 0 aliphatic carbocycles. The first kappa shape index (κ1) is 21.1. The molecule has 0 saturated carbocycles. The van der Waals surface area contributed by atoms with Crippen LogP contribution in [0.1, 0.15) is 31.5 Å². The highest BCUT2D eigenvalue weighted by atomic mass is 35.5. The minimum Gasteiger partial charge on any atom is -0.381 e. The van der Waals surface area contributed by atoms with E-state index in [0.29, 0.717) is 45.6 Å². The van der Waals surface area contributed by atoms with Crippen molar-refractivity contribution in [3.8, 4) is 11.3 Å². The van der Waals surface area contributed by atoms with E-state index in [1.807, 2.05) is 6.07 Å². The molecule has 8 heteroatoms. The lowest BCUT2D eigenvalue weighted by molar-refractivity contribution is 0.0500. The summed E-state index contributed by atoms with van der Waals surface area (Å²) in [6.07, 6.45) is 4.93. The van der Waals surface area contributed by atoms with Gasteiger partial charge in [-0.05, 0) is 61.8 Å². The van der Waals surface area contributed by atoms with Gasteiger partial charge in [-0.1, -0.05) is 11.6 Å². The van der Waals surface area contributed by atoms with E-state index in [2.05, 4.69) is 4.90 Å². The van der Waals surface area contributed by atoms with Crippen LogP contribution in [0.3, 0.4) is 0 Å². The first-order valence-corrected chi connectivity index (χ1v) is 12.2. The van der Waals surface area contributed by atoms with Crippen molar-refractivity contribution < 1.29 is 9.13 Å². The molecule has 3 aliphatic heterocycles. The summed E-state index contributed by atoms with van der Waals surface area (Å²) in [5, 5.41) is 0.828. The van der Waals surface area contributed by atoms with Crippen LogP contribution in [0, 0.1) is 17.7 Å². The summed E-state index contributed by atoms with van der Waals surface area (Å²) >= 11 is 6.00. The van der Waals surface area contributed by atoms with Crippen molar-refractivity contribution in [3.63, 3.8) is 0 Å².